The summed E-state index contributed by atoms with van der Waals surface area (Å²) in [5, 5.41) is 0. The maximum Gasteiger partial charge on any atom is 0.0463 e. The van der Waals surface area contributed by atoms with Gasteiger partial charge in [-0.15, -0.1) is 0 Å². The molecule has 0 spiro atoms. The predicted octanol–water partition coefficient (Wildman–Crippen LogP) is 4.64. The van der Waals surface area contributed by atoms with Crippen molar-refractivity contribution in [1.29, 1.82) is 0 Å². The average Bonchev–Trinajstić information content (AvgIpc) is 2.34. The Kier molecular flexibility index (Phi) is 7.97. The minimum atomic E-state index is 0.315. The Morgan fingerprint density at radius 1 is 1.11 bits per heavy atom. The Bertz CT molecular complexity index is 430. The Morgan fingerprint density at radius 3 is 2.11 bits per heavy atom. The van der Waals surface area contributed by atoms with Gasteiger partial charge in [-0.2, -0.15) is 0 Å². The molecule has 106 valence electrons. The summed E-state index contributed by atoms with van der Waals surface area (Å²) in [6.45, 7) is 17.1. The molecule has 1 atom stereocenters. The summed E-state index contributed by atoms with van der Waals surface area (Å²) in [5.41, 5.74) is 6.30. The first-order valence-electron chi connectivity index (χ1n) is 6.73. The average molecular weight is 260 g/mol. The maximum absolute atomic E-state index is 4.35. The summed E-state index contributed by atoms with van der Waals surface area (Å²) in [5.74, 6) is 0.315. The van der Waals surface area contributed by atoms with E-state index in [-0.39, 0.29) is 0 Å². The number of allylic oxidation sites excluding steroid dienone is 6. The van der Waals surface area contributed by atoms with Crippen LogP contribution in [0.15, 0.2) is 44.4 Å². The summed E-state index contributed by atoms with van der Waals surface area (Å²) in [6, 6.07) is 0. The fourth-order valence-corrected chi connectivity index (χ4v) is 1.83. The first-order valence-corrected chi connectivity index (χ1v) is 6.73. The molecule has 0 amide bonds. The third-order valence-electron chi connectivity index (χ3n) is 3.33. The minimum absolute atomic E-state index is 0.315. The Labute approximate surface area is 118 Å². The summed E-state index contributed by atoms with van der Waals surface area (Å²) in [6.07, 6.45) is 4.35. The van der Waals surface area contributed by atoms with Gasteiger partial charge in [0.1, 0.15) is 0 Å². The third-order valence-corrected chi connectivity index (χ3v) is 3.33. The summed E-state index contributed by atoms with van der Waals surface area (Å²) in [7, 11) is 1.83. The van der Waals surface area contributed by atoms with Gasteiger partial charge in [0.25, 0.3) is 0 Å². The van der Waals surface area contributed by atoms with Crippen LogP contribution in [0.5, 0.6) is 0 Å². The van der Waals surface area contributed by atoms with Gasteiger partial charge in [0.05, 0.1) is 0 Å². The van der Waals surface area contributed by atoms with Gasteiger partial charge >= 0.3 is 0 Å². The van der Waals surface area contributed by atoms with Gasteiger partial charge in [0.2, 0.25) is 0 Å². The van der Waals surface area contributed by atoms with E-state index in [0.29, 0.717) is 12.5 Å². The fourth-order valence-electron chi connectivity index (χ4n) is 1.83. The quantitative estimate of drug-likeness (QED) is 0.491. The maximum atomic E-state index is 4.35. The molecule has 0 aromatic heterocycles. The lowest BCUT2D eigenvalue weighted by atomic mass is 10.00. The molecule has 0 heterocycles. The second-order valence-electron chi connectivity index (χ2n) is 5.30. The standard InChI is InChI=1S/C17H28N2/c1-12(2)16(6)14(4)9-13(3)10-17(19-8)15(5)11-18-7/h9-10,15H,7,11H2,1-6,8H3/b13-10-,14-9+,19-17?. The SMILES string of the molecule is C=NCC(C)C(/C=C(C)\C=C(/C)C(C)=C(C)C)=NC. The molecule has 0 radical (unpaired) electrons. The van der Waals surface area contributed by atoms with E-state index in [0.717, 1.165) is 5.71 Å². The number of hydrogen-bond acceptors (Lipinski definition) is 2. The molecule has 0 saturated heterocycles. The van der Waals surface area contributed by atoms with Crippen molar-refractivity contribution in [2.45, 2.75) is 41.5 Å². The van der Waals surface area contributed by atoms with Crippen molar-refractivity contribution < 1.29 is 0 Å². The highest BCUT2D eigenvalue weighted by Gasteiger charge is 2.06. The normalized spacial score (nSPS) is 15.2. The minimum Gasteiger partial charge on any atom is -0.300 e. The van der Waals surface area contributed by atoms with Crippen LogP contribution in [-0.2, 0) is 0 Å². The zero-order chi connectivity index (χ0) is 15.0. The summed E-state index contributed by atoms with van der Waals surface area (Å²) < 4.78 is 0. The van der Waals surface area contributed by atoms with Gasteiger partial charge < -0.3 is 4.99 Å². The molecule has 0 fully saturated rings. The molecule has 2 nitrogen and oxygen atoms in total. The second-order valence-corrected chi connectivity index (χ2v) is 5.30. The van der Waals surface area contributed by atoms with Crippen molar-refractivity contribution in [2.75, 3.05) is 13.6 Å². The Morgan fingerprint density at radius 2 is 1.68 bits per heavy atom. The smallest absolute Gasteiger partial charge is 0.0463 e. The van der Waals surface area contributed by atoms with E-state index in [9.17, 15) is 0 Å². The van der Waals surface area contributed by atoms with Crippen LogP contribution in [0.4, 0.5) is 0 Å². The van der Waals surface area contributed by atoms with E-state index in [1.807, 2.05) is 7.05 Å². The van der Waals surface area contributed by atoms with E-state index in [2.05, 4.69) is 70.4 Å². The molecule has 0 aliphatic carbocycles. The number of aliphatic imine (C=N–C) groups is 2. The number of nitrogens with zero attached hydrogens (tertiary/aromatic N) is 2. The lowest BCUT2D eigenvalue weighted by Crippen LogP contribution is -2.12. The largest absolute Gasteiger partial charge is 0.300 e. The molecule has 0 aliphatic heterocycles. The number of hydrogen-bond donors (Lipinski definition) is 0. The molecule has 0 N–H and O–H groups in total. The Hall–Kier alpha value is -1.44. The van der Waals surface area contributed by atoms with Crippen LogP contribution in [0.3, 0.4) is 0 Å². The molecule has 0 aliphatic rings. The van der Waals surface area contributed by atoms with Crippen LogP contribution >= 0.6 is 0 Å². The van der Waals surface area contributed by atoms with Crippen molar-refractivity contribution in [3.8, 4) is 0 Å². The summed E-state index contributed by atoms with van der Waals surface area (Å²) >= 11 is 0. The van der Waals surface area contributed by atoms with Crippen LogP contribution in [-0.4, -0.2) is 26.0 Å². The van der Waals surface area contributed by atoms with Gasteiger partial charge in [-0.05, 0) is 64.1 Å². The monoisotopic (exact) mass is 260 g/mol. The van der Waals surface area contributed by atoms with Gasteiger partial charge in [-0.3, -0.25) is 4.99 Å². The van der Waals surface area contributed by atoms with Gasteiger partial charge in [-0.1, -0.05) is 18.6 Å². The molecular weight excluding hydrogens is 232 g/mol. The summed E-state index contributed by atoms with van der Waals surface area (Å²) in [4.78, 5) is 8.29. The first-order chi connectivity index (χ1) is 8.83. The first kappa shape index (κ1) is 17.6. The van der Waals surface area contributed by atoms with Crippen LogP contribution in [0, 0.1) is 5.92 Å². The molecule has 0 bridgehead atoms. The highest BCUT2D eigenvalue weighted by atomic mass is 14.7. The molecule has 0 saturated carbocycles. The fraction of sp³-hybridized carbons (Fsp3) is 0.529. The third kappa shape index (κ3) is 6.32. The van der Waals surface area contributed by atoms with Crippen molar-refractivity contribution >= 4 is 12.4 Å². The lowest BCUT2D eigenvalue weighted by Gasteiger charge is -2.09. The second kappa shape index (κ2) is 8.63. The van der Waals surface area contributed by atoms with Crippen LogP contribution in [0.25, 0.3) is 0 Å². The molecule has 19 heavy (non-hydrogen) atoms. The molecule has 2 heteroatoms. The van der Waals surface area contributed by atoms with E-state index >= 15 is 0 Å². The predicted molar refractivity (Wildman–Crippen MR) is 88.5 cm³/mol. The van der Waals surface area contributed by atoms with E-state index in [1.165, 1.54) is 22.3 Å². The van der Waals surface area contributed by atoms with Gasteiger partial charge in [0, 0.05) is 25.2 Å². The van der Waals surface area contributed by atoms with Crippen molar-refractivity contribution in [3.05, 3.63) is 34.4 Å². The highest BCUT2D eigenvalue weighted by molar-refractivity contribution is 5.97. The lowest BCUT2D eigenvalue weighted by molar-refractivity contribution is 0.789. The van der Waals surface area contributed by atoms with Crippen molar-refractivity contribution in [3.63, 3.8) is 0 Å². The topological polar surface area (TPSA) is 24.7 Å². The van der Waals surface area contributed by atoms with Gasteiger partial charge in [-0.25, -0.2) is 0 Å². The molecule has 0 aromatic rings. The number of rotatable bonds is 6. The van der Waals surface area contributed by atoms with Crippen molar-refractivity contribution in [2.24, 2.45) is 15.9 Å². The molecule has 0 aromatic carbocycles. The van der Waals surface area contributed by atoms with E-state index in [4.69, 9.17) is 0 Å². The van der Waals surface area contributed by atoms with Crippen molar-refractivity contribution in [1.82, 2.24) is 0 Å². The molecule has 1 unspecified atom stereocenters. The van der Waals surface area contributed by atoms with E-state index < -0.39 is 0 Å². The van der Waals surface area contributed by atoms with Crippen LogP contribution in [0.1, 0.15) is 41.5 Å². The van der Waals surface area contributed by atoms with Gasteiger partial charge in [0.15, 0.2) is 0 Å². The molecular formula is C17H28N2. The van der Waals surface area contributed by atoms with E-state index in [1.54, 1.807) is 0 Å². The zero-order valence-corrected chi connectivity index (χ0v) is 13.5. The highest BCUT2D eigenvalue weighted by Crippen LogP contribution is 2.16. The van der Waals surface area contributed by atoms with Crippen LogP contribution < -0.4 is 0 Å². The molecule has 0 rings (SSSR count). The Balaban J connectivity index is 5.15. The van der Waals surface area contributed by atoms with Crippen LogP contribution in [0.2, 0.25) is 0 Å². The zero-order valence-electron chi connectivity index (χ0n) is 13.5.